The summed E-state index contributed by atoms with van der Waals surface area (Å²) in [5, 5.41) is 0. The predicted molar refractivity (Wildman–Crippen MR) is 84.8 cm³/mol. The Morgan fingerprint density at radius 2 is 2.04 bits per heavy atom. The van der Waals surface area contributed by atoms with Crippen LogP contribution in [0.4, 0.5) is 0 Å². The molecule has 0 N–H and O–H groups in total. The largest absolute Gasteiger partial charge is 0.497 e. The Hall–Kier alpha value is -2.60. The van der Waals surface area contributed by atoms with E-state index in [9.17, 15) is 0 Å². The maximum Gasteiger partial charge on any atom is 0.209 e. The maximum atomic E-state index is 5.89. The first-order chi connectivity index (χ1) is 11.3. The zero-order valence-electron chi connectivity index (χ0n) is 13.0. The Kier molecular flexibility index (Phi) is 3.59. The third kappa shape index (κ3) is 2.85. The number of rotatable bonds is 4. The summed E-state index contributed by atoms with van der Waals surface area (Å²) < 4.78 is 13.3. The minimum Gasteiger partial charge on any atom is -0.497 e. The van der Waals surface area contributed by atoms with E-state index in [-0.39, 0.29) is 0 Å². The zero-order chi connectivity index (χ0) is 15.6. The van der Waals surface area contributed by atoms with E-state index in [1.807, 2.05) is 36.7 Å². The smallest absolute Gasteiger partial charge is 0.209 e. The Morgan fingerprint density at radius 3 is 2.87 bits per heavy atom. The summed E-state index contributed by atoms with van der Waals surface area (Å²) in [6.45, 7) is 3.46. The number of fused-ring (bicyclic) bond motifs is 1. The van der Waals surface area contributed by atoms with Gasteiger partial charge in [0.2, 0.25) is 5.89 Å². The van der Waals surface area contributed by atoms with E-state index in [0.29, 0.717) is 6.54 Å². The van der Waals surface area contributed by atoms with Gasteiger partial charge in [-0.15, -0.1) is 0 Å². The SMILES string of the molecule is COc1ccc(-c2cnc(CN3CCn4ccnc4C3)o2)cc1. The Labute approximate surface area is 134 Å². The molecule has 0 aliphatic carbocycles. The summed E-state index contributed by atoms with van der Waals surface area (Å²) in [6.07, 6.45) is 5.66. The summed E-state index contributed by atoms with van der Waals surface area (Å²) in [5.41, 5.74) is 0.999. The van der Waals surface area contributed by atoms with Crippen molar-refractivity contribution in [3.63, 3.8) is 0 Å². The van der Waals surface area contributed by atoms with Gasteiger partial charge in [0, 0.05) is 31.0 Å². The summed E-state index contributed by atoms with van der Waals surface area (Å²) in [4.78, 5) is 11.1. The summed E-state index contributed by atoms with van der Waals surface area (Å²) in [5.74, 6) is 3.44. The van der Waals surface area contributed by atoms with Crippen LogP contribution in [-0.2, 0) is 19.6 Å². The van der Waals surface area contributed by atoms with Gasteiger partial charge < -0.3 is 13.7 Å². The molecule has 0 radical (unpaired) electrons. The molecule has 6 nitrogen and oxygen atoms in total. The van der Waals surface area contributed by atoms with Gasteiger partial charge in [0.25, 0.3) is 0 Å². The molecule has 6 heteroatoms. The minimum atomic E-state index is 0.697. The highest BCUT2D eigenvalue weighted by Gasteiger charge is 2.18. The van der Waals surface area contributed by atoms with Gasteiger partial charge in [-0.3, -0.25) is 4.90 Å². The van der Waals surface area contributed by atoms with Crippen LogP contribution in [0.2, 0.25) is 0 Å². The molecule has 118 valence electrons. The van der Waals surface area contributed by atoms with E-state index in [1.165, 1.54) is 0 Å². The fraction of sp³-hybridized carbons (Fsp3) is 0.294. The minimum absolute atomic E-state index is 0.697. The molecule has 0 fully saturated rings. The fourth-order valence-corrected chi connectivity index (χ4v) is 2.82. The molecule has 0 unspecified atom stereocenters. The molecular formula is C17H18N4O2. The van der Waals surface area contributed by atoms with Gasteiger partial charge in [-0.25, -0.2) is 9.97 Å². The first-order valence-electron chi connectivity index (χ1n) is 7.63. The zero-order valence-corrected chi connectivity index (χ0v) is 13.0. The van der Waals surface area contributed by atoms with Crippen molar-refractivity contribution in [3.05, 3.63) is 54.6 Å². The molecule has 0 spiro atoms. The molecule has 0 atom stereocenters. The Bertz CT molecular complexity index is 791. The topological polar surface area (TPSA) is 56.3 Å². The molecule has 0 amide bonds. The van der Waals surface area contributed by atoms with Crippen LogP contribution in [0.15, 0.2) is 47.3 Å². The van der Waals surface area contributed by atoms with Crippen molar-refractivity contribution in [2.45, 2.75) is 19.6 Å². The van der Waals surface area contributed by atoms with Crippen LogP contribution in [0.3, 0.4) is 0 Å². The molecule has 3 aromatic rings. The number of aromatic nitrogens is 3. The number of hydrogen-bond donors (Lipinski definition) is 0. The van der Waals surface area contributed by atoms with Gasteiger partial charge >= 0.3 is 0 Å². The number of benzene rings is 1. The van der Waals surface area contributed by atoms with Crippen molar-refractivity contribution < 1.29 is 9.15 Å². The molecule has 0 saturated heterocycles. The highest BCUT2D eigenvalue weighted by atomic mass is 16.5. The molecular weight excluding hydrogens is 292 g/mol. The Balaban J connectivity index is 1.46. The lowest BCUT2D eigenvalue weighted by atomic mass is 10.2. The number of imidazole rings is 1. The second-order valence-corrected chi connectivity index (χ2v) is 5.59. The normalized spacial score (nSPS) is 14.7. The number of methoxy groups -OCH3 is 1. The van der Waals surface area contributed by atoms with Gasteiger partial charge in [0.15, 0.2) is 5.76 Å². The van der Waals surface area contributed by atoms with E-state index in [0.717, 1.165) is 48.4 Å². The predicted octanol–water partition coefficient (Wildman–Crippen LogP) is 2.56. The number of nitrogens with zero attached hydrogens (tertiary/aromatic N) is 4. The third-order valence-electron chi connectivity index (χ3n) is 4.11. The monoisotopic (exact) mass is 310 g/mol. The standard InChI is InChI=1S/C17H18N4O2/c1-22-14-4-2-13(3-5-14)15-10-19-17(23-15)12-20-8-9-21-7-6-18-16(21)11-20/h2-7,10H,8-9,11-12H2,1H3. The van der Waals surface area contributed by atoms with Crippen molar-refractivity contribution in [2.75, 3.05) is 13.7 Å². The molecule has 1 aromatic carbocycles. The number of oxazole rings is 1. The van der Waals surface area contributed by atoms with E-state index < -0.39 is 0 Å². The van der Waals surface area contributed by atoms with Gasteiger partial charge in [-0.05, 0) is 24.3 Å². The maximum absolute atomic E-state index is 5.89. The molecule has 23 heavy (non-hydrogen) atoms. The third-order valence-corrected chi connectivity index (χ3v) is 4.11. The average molecular weight is 310 g/mol. The van der Waals surface area contributed by atoms with Crippen molar-refractivity contribution in [3.8, 4) is 17.1 Å². The summed E-state index contributed by atoms with van der Waals surface area (Å²) in [6, 6.07) is 7.78. The molecule has 2 aromatic heterocycles. The van der Waals surface area contributed by atoms with Crippen LogP contribution in [0.5, 0.6) is 5.75 Å². The Morgan fingerprint density at radius 1 is 1.17 bits per heavy atom. The molecule has 1 aliphatic rings. The van der Waals surface area contributed by atoms with Crippen LogP contribution < -0.4 is 4.74 Å². The van der Waals surface area contributed by atoms with Gasteiger partial charge in [-0.1, -0.05) is 0 Å². The first kappa shape index (κ1) is 14.0. The van der Waals surface area contributed by atoms with Crippen molar-refractivity contribution in [1.29, 1.82) is 0 Å². The van der Waals surface area contributed by atoms with Crippen molar-refractivity contribution in [2.24, 2.45) is 0 Å². The van der Waals surface area contributed by atoms with E-state index in [2.05, 4.69) is 19.4 Å². The molecule has 1 aliphatic heterocycles. The van der Waals surface area contributed by atoms with Crippen molar-refractivity contribution >= 4 is 0 Å². The van der Waals surface area contributed by atoms with E-state index in [4.69, 9.17) is 9.15 Å². The second-order valence-electron chi connectivity index (χ2n) is 5.59. The van der Waals surface area contributed by atoms with Gasteiger partial charge in [0.05, 0.1) is 26.4 Å². The summed E-state index contributed by atoms with van der Waals surface area (Å²) in [7, 11) is 1.66. The van der Waals surface area contributed by atoms with Crippen LogP contribution in [0.25, 0.3) is 11.3 Å². The van der Waals surface area contributed by atoms with Gasteiger partial charge in [-0.2, -0.15) is 0 Å². The van der Waals surface area contributed by atoms with E-state index >= 15 is 0 Å². The molecule has 3 heterocycles. The van der Waals surface area contributed by atoms with Gasteiger partial charge in [0.1, 0.15) is 11.6 Å². The van der Waals surface area contributed by atoms with Crippen LogP contribution in [-0.4, -0.2) is 33.1 Å². The number of ether oxygens (including phenoxy) is 1. The molecule has 0 bridgehead atoms. The quantitative estimate of drug-likeness (QED) is 0.741. The van der Waals surface area contributed by atoms with Crippen LogP contribution in [0.1, 0.15) is 11.7 Å². The lowest BCUT2D eigenvalue weighted by molar-refractivity contribution is 0.191. The van der Waals surface area contributed by atoms with Crippen LogP contribution >= 0.6 is 0 Å². The highest BCUT2D eigenvalue weighted by molar-refractivity contribution is 5.57. The lowest BCUT2D eigenvalue weighted by Gasteiger charge is -2.26. The first-order valence-corrected chi connectivity index (χ1v) is 7.63. The number of hydrogen-bond acceptors (Lipinski definition) is 5. The highest BCUT2D eigenvalue weighted by Crippen LogP contribution is 2.24. The average Bonchev–Trinajstić information content (AvgIpc) is 3.24. The van der Waals surface area contributed by atoms with E-state index in [1.54, 1.807) is 13.3 Å². The summed E-state index contributed by atoms with van der Waals surface area (Å²) >= 11 is 0. The second kappa shape index (κ2) is 5.89. The lowest BCUT2D eigenvalue weighted by Crippen LogP contribution is -2.33. The van der Waals surface area contributed by atoms with Crippen LogP contribution in [0, 0.1) is 0 Å². The van der Waals surface area contributed by atoms with Crippen molar-refractivity contribution in [1.82, 2.24) is 19.4 Å². The molecule has 0 saturated carbocycles. The molecule has 4 rings (SSSR count). The fourth-order valence-electron chi connectivity index (χ4n) is 2.82.